The van der Waals surface area contributed by atoms with Gasteiger partial charge in [0.25, 0.3) is 5.91 Å². The zero-order valence-corrected chi connectivity index (χ0v) is 9.31. The Morgan fingerprint density at radius 3 is 2.76 bits per heavy atom. The molecule has 2 rings (SSSR count). The summed E-state index contributed by atoms with van der Waals surface area (Å²) in [6.07, 6.45) is 0.402. The number of ether oxygens (including phenoxy) is 2. The standard InChI is InChI=1S/C11H15N3O3/c12-8(11(15)14-13)5-7-1-2-9-10(6-7)17-4-3-16-9/h1-2,6,8H,3-5,12-13H2,(H,14,15). The normalized spacial score (nSPS) is 15.2. The zero-order valence-electron chi connectivity index (χ0n) is 9.31. The van der Waals surface area contributed by atoms with Crippen LogP contribution < -0.4 is 26.5 Å². The molecule has 0 bridgehead atoms. The lowest BCUT2D eigenvalue weighted by atomic mass is 10.1. The Labute approximate surface area is 98.8 Å². The number of nitrogens with two attached hydrogens (primary N) is 2. The molecule has 92 valence electrons. The molecule has 6 nitrogen and oxygen atoms in total. The minimum Gasteiger partial charge on any atom is -0.486 e. The quantitative estimate of drug-likeness (QED) is 0.367. The summed E-state index contributed by atoms with van der Waals surface area (Å²) in [6, 6.07) is 4.84. The summed E-state index contributed by atoms with van der Waals surface area (Å²) in [4.78, 5) is 11.2. The number of amides is 1. The van der Waals surface area contributed by atoms with Gasteiger partial charge in [-0.1, -0.05) is 6.07 Å². The predicted octanol–water partition coefficient (Wildman–Crippen LogP) is -0.682. The molecule has 0 aromatic heterocycles. The van der Waals surface area contributed by atoms with Gasteiger partial charge >= 0.3 is 0 Å². The van der Waals surface area contributed by atoms with Gasteiger partial charge in [0.05, 0.1) is 6.04 Å². The van der Waals surface area contributed by atoms with Crippen LogP contribution in [0.4, 0.5) is 0 Å². The number of benzene rings is 1. The molecule has 1 aromatic rings. The van der Waals surface area contributed by atoms with Gasteiger partial charge in [-0.25, -0.2) is 5.84 Å². The molecule has 0 saturated carbocycles. The second-order valence-corrected chi connectivity index (χ2v) is 3.80. The Morgan fingerprint density at radius 2 is 2.06 bits per heavy atom. The van der Waals surface area contributed by atoms with Crippen molar-refractivity contribution in [2.24, 2.45) is 11.6 Å². The first-order valence-electron chi connectivity index (χ1n) is 5.35. The molecule has 0 aliphatic carbocycles. The van der Waals surface area contributed by atoms with Gasteiger partial charge < -0.3 is 15.2 Å². The molecule has 6 heteroatoms. The monoisotopic (exact) mass is 237 g/mol. The van der Waals surface area contributed by atoms with Crippen LogP contribution in [-0.4, -0.2) is 25.2 Å². The lowest BCUT2D eigenvalue weighted by molar-refractivity contribution is -0.122. The molecule has 0 radical (unpaired) electrons. The average molecular weight is 237 g/mol. The maximum Gasteiger partial charge on any atom is 0.251 e. The van der Waals surface area contributed by atoms with Crippen molar-refractivity contribution in [1.82, 2.24) is 5.43 Å². The van der Waals surface area contributed by atoms with Crippen LogP contribution >= 0.6 is 0 Å². The van der Waals surface area contributed by atoms with E-state index in [1.54, 1.807) is 0 Å². The van der Waals surface area contributed by atoms with Gasteiger partial charge in [-0.3, -0.25) is 10.2 Å². The van der Waals surface area contributed by atoms with E-state index in [-0.39, 0.29) is 5.91 Å². The number of hydrogen-bond acceptors (Lipinski definition) is 5. The van der Waals surface area contributed by atoms with Crippen molar-refractivity contribution in [3.63, 3.8) is 0 Å². The Hall–Kier alpha value is -1.79. The number of hydrogen-bond donors (Lipinski definition) is 3. The van der Waals surface area contributed by atoms with E-state index in [1.165, 1.54) is 0 Å². The number of carbonyl (C=O) groups is 1. The van der Waals surface area contributed by atoms with E-state index in [0.717, 1.165) is 11.3 Å². The van der Waals surface area contributed by atoms with Crippen LogP contribution in [0.5, 0.6) is 11.5 Å². The fraction of sp³-hybridized carbons (Fsp3) is 0.364. The fourth-order valence-corrected chi connectivity index (χ4v) is 1.67. The van der Waals surface area contributed by atoms with E-state index in [0.29, 0.717) is 25.4 Å². The Balaban J connectivity index is 2.09. The molecule has 1 heterocycles. The van der Waals surface area contributed by atoms with Crippen LogP contribution in [-0.2, 0) is 11.2 Å². The predicted molar refractivity (Wildman–Crippen MR) is 61.4 cm³/mol. The van der Waals surface area contributed by atoms with Crippen LogP contribution in [0.2, 0.25) is 0 Å². The van der Waals surface area contributed by atoms with Gasteiger partial charge in [-0.05, 0) is 24.1 Å². The van der Waals surface area contributed by atoms with E-state index in [9.17, 15) is 4.79 Å². The van der Waals surface area contributed by atoms with Crippen molar-refractivity contribution in [3.05, 3.63) is 23.8 Å². The van der Waals surface area contributed by atoms with Gasteiger partial charge in [0.1, 0.15) is 13.2 Å². The fourth-order valence-electron chi connectivity index (χ4n) is 1.67. The van der Waals surface area contributed by atoms with Crippen LogP contribution in [0.1, 0.15) is 5.56 Å². The van der Waals surface area contributed by atoms with Crippen molar-refractivity contribution in [1.29, 1.82) is 0 Å². The molecular weight excluding hydrogens is 222 g/mol. The SMILES string of the molecule is NNC(=O)C(N)Cc1ccc2c(c1)OCCO2. The minimum absolute atomic E-state index is 0.389. The molecule has 1 atom stereocenters. The number of nitrogens with one attached hydrogen (secondary N) is 1. The van der Waals surface area contributed by atoms with Crippen LogP contribution in [0.15, 0.2) is 18.2 Å². The van der Waals surface area contributed by atoms with E-state index in [1.807, 2.05) is 23.6 Å². The van der Waals surface area contributed by atoms with Gasteiger partial charge in [0.15, 0.2) is 11.5 Å². The van der Waals surface area contributed by atoms with Crippen LogP contribution in [0.25, 0.3) is 0 Å². The molecule has 1 unspecified atom stereocenters. The molecule has 17 heavy (non-hydrogen) atoms. The lowest BCUT2D eigenvalue weighted by Gasteiger charge is -2.19. The molecule has 1 amide bonds. The third-order valence-corrected chi connectivity index (χ3v) is 2.54. The zero-order chi connectivity index (χ0) is 12.3. The smallest absolute Gasteiger partial charge is 0.251 e. The minimum atomic E-state index is -0.664. The first kappa shape index (κ1) is 11.7. The highest BCUT2D eigenvalue weighted by Crippen LogP contribution is 2.30. The van der Waals surface area contributed by atoms with Crippen molar-refractivity contribution < 1.29 is 14.3 Å². The highest BCUT2D eigenvalue weighted by atomic mass is 16.6. The summed E-state index contributed by atoms with van der Waals surface area (Å²) in [7, 11) is 0. The Bertz CT molecular complexity index is 422. The van der Waals surface area contributed by atoms with Crippen molar-refractivity contribution in [3.8, 4) is 11.5 Å². The average Bonchev–Trinajstić information content (AvgIpc) is 2.37. The molecular formula is C11H15N3O3. The van der Waals surface area contributed by atoms with E-state index < -0.39 is 6.04 Å². The van der Waals surface area contributed by atoms with Crippen LogP contribution in [0, 0.1) is 0 Å². The number of fused-ring (bicyclic) bond motifs is 1. The Morgan fingerprint density at radius 1 is 1.35 bits per heavy atom. The topological polar surface area (TPSA) is 99.6 Å². The maximum atomic E-state index is 11.2. The van der Waals surface area contributed by atoms with Crippen molar-refractivity contribution >= 4 is 5.91 Å². The molecule has 0 spiro atoms. The molecule has 0 saturated heterocycles. The highest BCUT2D eigenvalue weighted by Gasteiger charge is 2.16. The van der Waals surface area contributed by atoms with Gasteiger partial charge in [-0.15, -0.1) is 0 Å². The molecule has 5 N–H and O–H groups in total. The maximum absolute atomic E-state index is 11.2. The lowest BCUT2D eigenvalue weighted by Crippen LogP contribution is -2.45. The first-order chi connectivity index (χ1) is 8.20. The van der Waals surface area contributed by atoms with Crippen molar-refractivity contribution in [2.45, 2.75) is 12.5 Å². The summed E-state index contributed by atoms with van der Waals surface area (Å²) in [5, 5.41) is 0. The second-order valence-electron chi connectivity index (χ2n) is 3.80. The van der Waals surface area contributed by atoms with Gasteiger partial charge in [0.2, 0.25) is 0 Å². The number of rotatable bonds is 3. The third kappa shape index (κ3) is 2.66. The highest BCUT2D eigenvalue weighted by molar-refractivity contribution is 5.81. The molecule has 0 fully saturated rings. The number of carbonyl (C=O) groups excluding carboxylic acids is 1. The summed E-state index contributed by atoms with van der Waals surface area (Å²) in [5.41, 5.74) is 8.61. The molecule has 1 aliphatic rings. The summed E-state index contributed by atoms with van der Waals surface area (Å²) >= 11 is 0. The largest absolute Gasteiger partial charge is 0.486 e. The van der Waals surface area contributed by atoms with Gasteiger partial charge in [-0.2, -0.15) is 0 Å². The summed E-state index contributed by atoms with van der Waals surface area (Å²) in [6.45, 7) is 1.09. The summed E-state index contributed by atoms with van der Waals surface area (Å²) < 4.78 is 10.8. The van der Waals surface area contributed by atoms with E-state index >= 15 is 0 Å². The molecule has 1 aliphatic heterocycles. The molecule has 1 aromatic carbocycles. The Kier molecular flexibility index (Phi) is 3.46. The van der Waals surface area contributed by atoms with Crippen molar-refractivity contribution in [2.75, 3.05) is 13.2 Å². The second kappa shape index (κ2) is 5.03. The summed E-state index contributed by atoms with van der Waals surface area (Å²) in [5.74, 6) is 6.03. The third-order valence-electron chi connectivity index (χ3n) is 2.54. The van der Waals surface area contributed by atoms with Crippen LogP contribution in [0.3, 0.4) is 0 Å². The van der Waals surface area contributed by atoms with E-state index in [2.05, 4.69) is 0 Å². The first-order valence-corrected chi connectivity index (χ1v) is 5.35. The van der Waals surface area contributed by atoms with E-state index in [4.69, 9.17) is 21.1 Å². The number of hydrazine groups is 1. The van der Waals surface area contributed by atoms with Gasteiger partial charge in [0, 0.05) is 0 Å².